The van der Waals surface area contributed by atoms with Crippen molar-refractivity contribution in [2.75, 3.05) is 33.4 Å². The van der Waals surface area contributed by atoms with E-state index < -0.39 is 0 Å². The van der Waals surface area contributed by atoms with Gasteiger partial charge in [-0.1, -0.05) is 11.3 Å². The second kappa shape index (κ2) is 8.71. The van der Waals surface area contributed by atoms with Gasteiger partial charge in [-0.05, 0) is 31.2 Å². The molecule has 0 bridgehead atoms. The van der Waals surface area contributed by atoms with Crippen LogP contribution in [0, 0.1) is 0 Å². The van der Waals surface area contributed by atoms with Crippen LogP contribution >= 0.6 is 11.3 Å². The standard InChI is InChI=1S/C15H21N3O2S/c1-3-20-13-6-4-12(5-7-13)15-18-17-14(21-15)8-9-16-10-11-19-2/h4-7,16H,3,8-11H2,1-2H3. The molecule has 1 N–H and O–H groups in total. The van der Waals surface area contributed by atoms with Crippen LogP contribution < -0.4 is 10.1 Å². The second-order valence-electron chi connectivity index (χ2n) is 4.45. The molecule has 1 aromatic carbocycles. The zero-order valence-corrected chi connectivity index (χ0v) is 13.3. The monoisotopic (exact) mass is 307 g/mol. The molecule has 5 nitrogen and oxygen atoms in total. The SMILES string of the molecule is CCOc1ccc(-c2nnc(CCNCCOC)s2)cc1. The van der Waals surface area contributed by atoms with Gasteiger partial charge in [-0.25, -0.2) is 0 Å². The predicted octanol–water partition coefficient (Wildman–Crippen LogP) is 2.38. The van der Waals surface area contributed by atoms with Crippen molar-refractivity contribution >= 4 is 11.3 Å². The number of hydrogen-bond donors (Lipinski definition) is 1. The van der Waals surface area contributed by atoms with E-state index >= 15 is 0 Å². The molecule has 0 spiro atoms. The number of aromatic nitrogens is 2. The first-order chi connectivity index (χ1) is 10.3. The van der Waals surface area contributed by atoms with Crippen molar-refractivity contribution < 1.29 is 9.47 Å². The molecule has 0 unspecified atom stereocenters. The highest BCUT2D eigenvalue weighted by atomic mass is 32.1. The number of hydrogen-bond acceptors (Lipinski definition) is 6. The molecule has 0 aliphatic carbocycles. The molecular weight excluding hydrogens is 286 g/mol. The lowest BCUT2D eigenvalue weighted by Gasteiger charge is -2.02. The number of rotatable bonds is 9. The minimum atomic E-state index is 0.679. The Labute approximate surface area is 129 Å². The maximum absolute atomic E-state index is 5.44. The summed E-state index contributed by atoms with van der Waals surface area (Å²) in [4.78, 5) is 0. The summed E-state index contributed by atoms with van der Waals surface area (Å²) in [5, 5.41) is 13.8. The molecule has 0 aliphatic rings. The first-order valence-electron chi connectivity index (χ1n) is 7.08. The van der Waals surface area contributed by atoms with Crippen molar-refractivity contribution in [2.24, 2.45) is 0 Å². The first-order valence-corrected chi connectivity index (χ1v) is 7.90. The smallest absolute Gasteiger partial charge is 0.147 e. The van der Waals surface area contributed by atoms with Gasteiger partial charge < -0.3 is 14.8 Å². The maximum Gasteiger partial charge on any atom is 0.147 e. The Kier molecular flexibility index (Phi) is 6.59. The van der Waals surface area contributed by atoms with E-state index in [9.17, 15) is 0 Å². The summed E-state index contributed by atoms with van der Waals surface area (Å²) in [6.45, 7) is 5.14. The molecule has 114 valence electrons. The zero-order chi connectivity index (χ0) is 14.9. The third kappa shape index (κ3) is 5.08. The minimum Gasteiger partial charge on any atom is -0.494 e. The quantitative estimate of drug-likeness (QED) is 0.721. The summed E-state index contributed by atoms with van der Waals surface area (Å²) >= 11 is 1.63. The van der Waals surface area contributed by atoms with Gasteiger partial charge in [-0.2, -0.15) is 0 Å². The van der Waals surface area contributed by atoms with Gasteiger partial charge in [0.25, 0.3) is 0 Å². The lowest BCUT2D eigenvalue weighted by atomic mass is 10.2. The van der Waals surface area contributed by atoms with Crippen molar-refractivity contribution in [3.63, 3.8) is 0 Å². The molecule has 1 aromatic heterocycles. The molecule has 0 radical (unpaired) electrons. The average molecular weight is 307 g/mol. The van der Waals surface area contributed by atoms with Crippen LogP contribution in [-0.4, -0.2) is 43.6 Å². The van der Waals surface area contributed by atoms with Crippen LogP contribution in [-0.2, 0) is 11.2 Å². The topological polar surface area (TPSA) is 56.3 Å². The number of nitrogens with zero attached hydrogens (tertiary/aromatic N) is 2. The Hall–Kier alpha value is -1.50. The van der Waals surface area contributed by atoms with Gasteiger partial charge in [0, 0.05) is 32.2 Å². The normalized spacial score (nSPS) is 10.8. The Morgan fingerprint density at radius 3 is 2.67 bits per heavy atom. The fourth-order valence-electron chi connectivity index (χ4n) is 1.83. The van der Waals surface area contributed by atoms with Gasteiger partial charge >= 0.3 is 0 Å². The van der Waals surface area contributed by atoms with E-state index in [0.29, 0.717) is 6.61 Å². The van der Waals surface area contributed by atoms with E-state index in [1.54, 1.807) is 18.4 Å². The van der Waals surface area contributed by atoms with Crippen molar-refractivity contribution in [1.82, 2.24) is 15.5 Å². The summed E-state index contributed by atoms with van der Waals surface area (Å²) in [7, 11) is 1.70. The van der Waals surface area contributed by atoms with E-state index in [0.717, 1.165) is 47.4 Å². The summed E-state index contributed by atoms with van der Waals surface area (Å²) < 4.78 is 10.4. The van der Waals surface area contributed by atoms with Crippen LogP contribution in [0.2, 0.25) is 0 Å². The van der Waals surface area contributed by atoms with E-state index in [1.807, 2.05) is 31.2 Å². The molecule has 0 atom stereocenters. The van der Waals surface area contributed by atoms with E-state index in [2.05, 4.69) is 15.5 Å². The van der Waals surface area contributed by atoms with Gasteiger partial charge in [0.2, 0.25) is 0 Å². The molecule has 1 heterocycles. The third-order valence-electron chi connectivity index (χ3n) is 2.88. The van der Waals surface area contributed by atoms with Crippen molar-refractivity contribution in [2.45, 2.75) is 13.3 Å². The maximum atomic E-state index is 5.44. The van der Waals surface area contributed by atoms with Crippen LogP contribution in [0.15, 0.2) is 24.3 Å². The predicted molar refractivity (Wildman–Crippen MR) is 85.0 cm³/mol. The Morgan fingerprint density at radius 2 is 1.95 bits per heavy atom. The largest absolute Gasteiger partial charge is 0.494 e. The lowest BCUT2D eigenvalue weighted by Crippen LogP contribution is -2.21. The zero-order valence-electron chi connectivity index (χ0n) is 12.5. The summed E-state index contributed by atoms with van der Waals surface area (Å²) in [6.07, 6.45) is 0.887. The average Bonchev–Trinajstić information content (AvgIpc) is 2.97. The fourth-order valence-corrected chi connectivity index (χ4v) is 2.67. The molecular formula is C15H21N3O2S. The van der Waals surface area contributed by atoms with Gasteiger partial charge in [-0.3, -0.25) is 0 Å². The van der Waals surface area contributed by atoms with Gasteiger partial charge in [-0.15, -0.1) is 10.2 Å². The molecule has 0 fully saturated rings. The van der Waals surface area contributed by atoms with Crippen molar-refractivity contribution in [3.05, 3.63) is 29.3 Å². The number of nitrogens with one attached hydrogen (secondary N) is 1. The highest BCUT2D eigenvalue weighted by Crippen LogP contribution is 2.25. The van der Waals surface area contributed by atoms with Crippen molar-refractivity contribution in [3.8, 4) is 16.3 Å². The highest BCUT2D eigenvalue weighted by molar-refractivity contribution is 7.14. The van der Waals surface area contributed by atoms with Crippen LogP contribution in [0.3, 0.4) is 0 Å². The Bertz CT molecular complexity index is 528. The van der Waals surface area contributed by atoms with E-state index in [4.69, 9.17) is 9.47 Å². The van der Waals surface area contributed by atoms with Gasteiger partial charge in [0.1, 0.15) is 15.8 Å². The molecule has 0 aliphatic heterocycles. The molecule has 0 saturated heterocycles. The second-order valence-corrected chi connectivity index (χ2v) is 5.51. The molecule has 0 amide bonds. The Morgan fingerprint density at radius 1 is 1.14 bits per heavy atom. The van der Waals surface area contributed by atoms with Crippen LogP contribution in [0.25, 0.3) is 10.6 Å². The summed E-state index contributed by atoms with van der Waals surface area (Å²) in [5.41, 5.74) is 1.08. The number of benzene rings is 1. The molecule has 6 heteroatoms. The van der Waals surface area contributed by atoms with Crippen LogP contribution in [0.5, 0.6) is 5.75 Å². The summed E-state index contributed by atoms with van der Waals surface area (Å²) in [6, 6.07) is 7.97. The van der Waals surface area contributed by atoms with E-state index in [1.165, 1.54) is 0 Å². The van der Waals surface area contributed by atoms with Crippen LogP contribution in [0.4, 0.5) is 0 Å². The Balaban J connectivity index is 1.87. The van der Waals surface area contributed by atoms with Crippen LogP contribution in [0.1, 0.15) is 11.9 Å². The summed E-state index contributed by atoms with van der Waals surface area (Å²) in [5.74, 6) is 0.883. The van der Waals surface area contributed by atoms with Gasteiger partial charge in [0.15, 0.2) is 0 Å². The van der Waals surface area contributed by atoms with Crippen molar-refractivity contribution in [1.29, 1.82) is 0 Å². The first kappa shape index (κ1) is 15.9. The lowest BCUT2D eigenvalue weighted by molar-refractivity contribution is 0.199. The van der Waals surface area contributed by atoms with E-state index in [-0.39, 0.29) is 0 Å². The molecule has 2 rings (SSSR count). The highest BCUT2D eigenvalue weighted by Gasteiger charge is 2.06. The molecule has 2 aromatic rings. The molecule has 21 heavy (non-hydrogen) atoms. The van der Waals surface area contributed by atoms with Gasteiger partial charge in [0.05, 0.1) is 13.2 Å². The fraction of sp³-hybridized carbons (Fsp3) is 0.467. The third-order valence-corrected chi connectivity index (χ3v) is 3.91. The number of ether oxygens (including phenoxy) is 2. The molecule has 0 saturated carbocycles. The minimum absolute atomic E-state index is 0.679. The number of methoxy groups -OCH3 is 1.